The summed E-state index contributed by atoms with van der Waals surface area (Å²) in [5.41, 5.74) is 11.6. The first kappa shape index (κ1) is 13.3. The molecule has 1 aromatic rings. The van der Waals surface area contributed by atoms with Crippen LogP contribution in [0.25, 0.3) is 0 Å². The van der Waals surface area contributed by atoms with Crippen LogP contribution in [0.1, 0.15) is 23.2 Å². The minimum absolute atomic E-state index is 0.0303. The van der Waals surface area contributed by atoms with Crippen LogP contribution in [0.2, 0.25) is 0 Å². The Morgan fingerprint density at radius 3 is 3.00 bits per heavy atom. The molecule has 1 saturated heterocycles. The average molecular weight is 279 g/mol. The predicted molar refractivity (Wildman–Crippen MR) is 72.8 cm³/mol. The van der Waals surface area contributed by atoms with Gasteiger partial charge in [-0.05, 0) is 25.0 Å². The molecule has 2 aliphatic rings. The van der Waals surface area contributed by atoms with Crippen molar-refractivity contribution >= 4 is 11.6 Å². The predicted octanol–water partition coefficient (Wildman–Crippen LogP) is 0.841. The zero-order chi connectivity index (χ0) is 14.3. The first-order chi connectivity index (χ1) is 9.59. The molecule has 0 spiro atoms. The molecule has 1 aromatic carbocycles. The lowest BCUT2D eigenvalue weighted by Crippen LogP contribution is -2.69. The van der Waals surface area contributed by atoms with Crippen molar-refractivity contribution in [3.8, 4) is 0 Å². The number of anilines is 1. The van der Waals surface area contributed by atoms with Gasteiger partial charge in [0.1, 0.15) is 5.82 Å². The van der Waals surface area contributed by atoms with E-state index in [1.807, 2.05) is 0 Å². The fourth-order valence-electron chi connectivity index (χ4n) is 3.20. The van der Waals surface area contributed by atoms with Gasteiger partial charge in [0.25, 0.3) is 5.91 Å². The van der Waals surface area contributed by atoms with Crippen LogP contribution in [0.4, 0.5) is 10.1 Å². The van der Waals surface area contributed by atoms with Crippen LogP contribution in [0.15, 0.2) is 18.2 Å². The van der Waals surface area contributed by atoms with Crippen LogP contribution in [0, 0.1) is 11.7 Å². The molecule has 5 N–H and O–H groups in total. The van der Waals surface area contributed by atoms with Crippen molar-refractivity contribution in [1.29, 1.82) is 0 Å². The molecule has 1 heterocycles. The number of carbonyl (C=O) groups excluding carboxylic acids is 1. The number of amides is 1. The monoisotopic (exact) mass is 279 g/mol. The third kappa shape index (κ3) is 2.05. The summed E-state index contributed by atoms with van der Waals surface area (Å²) < 4.78 is 19.4. The second kappa shape index (κ2) is 5.03. The number of nitrogens with one attached hydrogen (secondary N) is 1. The zero-order valence-corrected chi connectivity index (χ0v) is 11.0. The zero-order valence-electron chi connectivity index (χ0n) is 11.0. The molecular weight excluding hydrogens is 261 g/mol. The number of fused-ring (bicyclic) bond motifs is 1. The minimum atomic E-state index is -0.792. The lowest BCUT2D eigenvalue weighted by Gasteiger charge is -2.52. The SMILES string of the molecule is NC(=O)c1c(F)cccc1NC1C(N)C2CCCOC21. The molecule has 108 valence electrons. The van der Waals surface area contributed by atoms with Crippen molar-refractivity contribution < 1.29 is 13.9 Å². The molecule has 0 bridgehead atoms. The van der Waals surface area contributed by atoms with Crippen LogP contribution in [-0.2, 0) is 4.74 Å². The Kier molecular flexibility index (Phi) is 3.35. The molecule has 1 aliphatic heterocycles. The van der Waals surface area contributed by atoms with Crippen LogP contribution in [0.5, 0.6) is 0 Å². The summed E-state index contributed by atoms with van der Waals surface area (Å²) in [6.07, 6.45) is 2.10. The van der Waals surface area contributed by atoms with Crippen LogP contribution in [0.3, 0.4) is 0 Å². The van der Waals surface area contributed by atoms with Crippen molar-refractivity contribution in [3.63, 3.8) is 0 Å². The van der Waals surface area contributed by atoms with E-state index in [-0.39, 0.29) is 23.8 Å². The van der Waals surface area contributed by atoms with E-state index >= 15 is 0 Å². The van der Waals surface area contributed by atoms with E-state index in [2.05, 4.69) is 5.32 Å². The van der Waals surface area contributed by atoms with E-state index in [1.54, 1.807) is 6.07 Å². The Hall–Kier alpha value is -1.66. The number of hydrogen-bond donors (Lipinski definition) is 3. The van der Waals surface area contributed by atoms with E-state index in [0.717, 1.165) is 19.4 Å². The van der Waals surface area contributed by atoms with E-state index in [4.69, 9.17) is 16.2 Å². The van der Waals surface area contributed by atoms with E-state index in [0.29, 0.717) is 11.6 Å². The first-order valence-corrected chi connectivity index (χ1v) is 6.81. The normalized spacial score (nSPS) is 32.1. The Balaban J connectivity index is 1.82. The maximum Gasteiger partial charge on any atom is 0.253 e. The highest BCUT2D eigenvalue weighted by molar-refractivity contribution is 5.98. The van der Waals surface area contributed by atoms with Gasteiger partial charge in [-0.25, -0.2) is 4.39 Å². The van der Waals surface area contributed by atoms with Crippen LogP contribution < -0.4 is 16.8 Å². The third-order valence-electron chi connectivity index (χ3n) is 4.26. The molecule has 0 radical (unpaired) electrons. The number of benzene rings is 1. The van der Waals surface area contributed by atoms with Crippen molar-refractivity contribution in [2.75, 3.05) is 11.9 Å². The summed E-state index contributed by atoms with van der Waals surface area (Å²) in [6.45, 7) is 0.720. The van der Waals surface area contributed by atoms with Gasteiger partial charge in [0.2, 0.25) is 0 Å². The number of carbonyl (C=O) groups is 1. The Morgan fingerprint density at radius 2 is 2.25 bits per heavy atom. The Labute approximate surface area is 116 Å². The van der Waals surface area contributed by atoms with Crippen molar-refractivity contribution in [1.82, 2.24) is 0 Å². The molecule has 6 heteroatoms. The molecule has 0 aromatic heterocycles. The smallest absolute Gasteiger partial charge is 0.253 e. The summed E-state index contributed by atoms with van der Waals surface area (Å²) in [7, 11) is 0. The first-order valence-electron chi connectivity index (χ1n) is 6.81. The van der Waals surface area contributed by atoms with E-state index in [1.165, 1.54) is 12.1 Å². The minimum Gasteiger partial charge on any atom is -0.377 e. The van der Waals surface area contributed by atoms with E-state index in [9.17, 15) is 9.18 Å². The molecule has 1 aliphatic carbocycles. The maximum absolute atomic E-state index is 13.7. The molecule has 2 fully saturated rings. The lowest BCUT2D eigenvalue weighted by molar-refractivity contribution is -0.104. The summed E-state index contributed by atoms with van der Waals surface area (Å²) >= 11 is 0. The Bertz CT molecular complexity index is 537. The number of rotatable bonds is 3. The van der Waals surface area contributed by atoms with Gasteiger partial charge in [-0.15, -0.1) is 0 Å². The maximum atomic E-state index is 13.7. The fourth-order valence-corrected chi connectivity index (χ4v) is 3.20. The second-order valence-electron chi connectivity index (χ2n) is 5.42. The van der Waals surface area contributed by atoms with Gasteiger partial charge in [-0.2, -0.15) is 0 Å². The van der Waals surface area contributed by atoms with Crippen LogP contribution in [-0.4, -0.2) is 30.7 Å². The third-order valence-corrected chi connectivity index (χ3v) is 4.26. The molecule has 3 rings (SSSR count). The number of primary amides is 1. The summed E-state index contributed by atoms with van der Waals surface area (Å²) in [4.78, 5) is 11.4. The average Bonchev–Trinajstić information content (AvgIpc) is 2.44. The molecule has 1 saturated carbocycles. The number of hydrogen-bond acceptors (Lipinski definition) is 4. The molecular formula is C14H18FN3O2. The van der Waals surface area contributed by atoms with Gasteiger partial charge in [0.05, 0.1) is 23.4 Å². The quantitative estimate of drug-likeness (QED) is 0.764. The largest absolute Gasteiger partial charge is 0.377 e. The molecule has 20 heavy (non-hydrogen) atoms. The van der Waals surface area contributed by atoms with Gasteiger partial charge in [-0.3, -0.25) is 4.79 Å². The number of halogens is 1. The van der Waals surface area contributed by atoms with Gasteiger partial charge in [-0.1, -0.05) is 6.07 Å². The topological polar surface area (TPSA) is 90.4 Å². The van der Waals surface area contributed by atoms with Gasteiger partial charge in [0.15, 0.2) is 0 Å². The highest BCUT2D eigenvalue weighted by Gasteiger charge is 2.50. The van der Waals surface area contributed by atoms with Crippen LogP contribution >= 0.6 is 0 Å². The van der Waals surface area contributed by atoms with Crippen molar-refractivity contribution in [3.05, 3.63) is 29.6 Å². The molecule has 4 atom stereocenters. The van der Waals surface area contributed by atoms with Gasteiger partial charge >= 0.3 is 0 Å². The highest BCUT2D eigenvalue weighted by atomic mass is 19.1. The molecule has 1 amide bonds. The fraction of sp³-hybridized carbons (Fsp3) is 0.500. The van der Waals surface area contributed by atoms with Crippen molar-refractivity contribution in [2.24, 2.45) is 17.4 Å². The summed E-state index contributed by atoms with van der Waals surface area (Å²) in [5.74, 6) is -1.08. The van der Waals surface area contributed by atoms with Gasteiger partial charge in [0, 0.05) is 18.6 Å². The summed E-state index contributed by atoms with van der Waals surface area (Å²) in [6, 6.07) is 4.22. The van der Waals surface area contributed by atoms with Gasteiger partial charge < -0.3 is 21.5 Å². The molecule has 5 nitrogen and oxygen atoms in total. The number of ether oxygens (including phenoxy) is 1. The second-order valence-corrected chi connectivity index (χ2v) is 5.42. The molecule has 4 unspecified atom stereocenters. The summed E-state index contributed by atoms with van der Waals surface area (Å²) in [5, 5.41) is 3.13. The van der Waals surface area contributed by atoms with Crippen molar-refractivity contribution in [2.45, 2.75) is 31.0 Å². The Morgan fingerprint density at radius 1 is 1.45 bits per heavy atom. The van der Waals surface area contributed by atoms with E-state index < -0.39 is 11.7 Å². The lowest BCUT2D eigenvalue weighted by atomic mass is 9.68. The number of nitrogens with two attached hydrogens (primary N) is 2. The standard InChI is InChI=1S/C14H18FN3O2/c15-8-4-1-5-9(10(8)14(17)19)18-12-11(16)7-3-2-6-20-13(7)12/h1,4-5,7,11-13,18H,2-3,6,16H2,(H2,17,19). The highest BCUT2D eigenvalue weighted by Crippen LogP contribution is 2.39.